The SMILES string of the molecule is CNC(=O)CNC(=O)c1c(N)cccc1Cl. The second kappa shape index (κ2) is 5.37. The number of rotatable bonds is 3. The molecule has 0 radical (unpaired) electrons. The quantitative estimate of drug-likeness (QED) is 0.670. The van der Waals surface area contributed by atoms with Gasteiger partial charge in [-0.25, -0.2) is 0 Å². The van der Waals surface area contributed by atoms with Crippen LogP contribution in [0.2, 0.25) is 5.02 Å². The minimum absolute atomic E-state index is 0.111. The van der Waals surface area contributed by atoms with Crippen LogP contribution in [0.4, 0.5) is 5.69 Å². The molecule has 1 aromatic rings. The lowest BCUT2D eigenvalue weighted by atomic mass is 10.1. The highest BCUT2D eigenvalue weighted by Crippen LogP contribution is 2.21. The molecule has 6 heteroatoms. The zero-order chi connectivity index (χ0) is 12.1. The van der Waals surface area contributed by atoms with Crippen molar-refractivity contribution in [2.24, 2.45) is 0 Å². The summed E-state index contributed by atoms with van der Waals surface area (Å²) in [6, 6.07) is 4.78. The van der Waals surface area contributed by atoms with E-state index in [4.69, 9.17) is 17.3 Å². The molecule has 2 amide bonds. The summed E-state index contributed by atoms with van der Waals surface area (Å²) in [5.74, 6) is -0.759. The average Bonchev–Trinajstić information content (AvgIpc) is 2.25. The van der Waals surface area contributed by atoms with Gasteiger partial charge in [0.2, 0.25) is 5.91 Å². The van der Waals surface area contributed by atoms with E-state index in [1.165, 1.54) is 7.05 Å². The molecule has 0 unspecified atom stereocenters. The van der Waals surface area contributed by atoms with Crippen LogP contribution in [0, 0.1) is 0 Å². The zero-order valence-electron chi connectivity index (χ0n) is 8.71. The third-order valence-corrected chi connectivity index (χ3v) is 2.28. The molecule has 0 aliphatic carbocycles. The molecule has 0 atom stereocenters. The van der Waals surface area contributed by atoms with Crippen LogP contribution in [-0.4, -0.2) is 25.4 Å². The summed E-state index contributed by atoms with van der Waals surface area (Å²) in [7, 11) is 1.48. The molecule has 0 saturated carbocycles. The summed E-state index contributed by atoms with van der Waals surface area (Å²) in [5.41, 5.74) is 6.08. The maximum absolute atomic E-state index is 11.7. The first kappa shape index (κ1) is 12.3. The van der Waals surface area contributed by atoms with Crippen molar-refractivity contribution in [2.75, 3.05) is 19.3 Å². The second-order valence-corrected chi connectivity index (χ2v) is 3.47. The zero-order valence-corrected chi connectivity index (χ0v) is 9.47. The fourth-order valence-corrected chi connectivity index (χ4v) is 1.39. The summed E-state index contributed by atoms with van der Waals surface area (Å²) in [6.45, 7) is -0.111. The highest BCUT2D eigenvalue weighted by Gasteiger charge is 2.13. The topological polar surface area (TPSA) is 84.2 Å². The molecule has 0 aromatic heterocycles. The number of nitrogens with one attached hydrogen (secondary N) is 2. The van der Waals surface area contributed by atoms with Crippen molar-refractivity contribution >= 4 is 29.1 Å². The Bertz CT molecular complexity index is 400. The van der Waals surface area contributed by atoms with Crippen molar-refractivity contribution in [3.05, 3.63) is 28.8 Å². The number of hydrogen-bond acceptors (Lipinski definition) is 3. The molecule has 0 saturated heterocycles. The molecule has 0 bridgehead atoms. The monoisotopic (exact) mass is 241 g/mol. The van der Waals surface area contributed by atoms with Gasteiger partial charge in [0.1, 0.15) is 0 Å². The maximum Gasteiger partial charge on any atom is 0.255 e. The van der Waals surface area contributed by atoms with E-state index in [0.717, 1.165) is 0 Å². The first-order valence-electron chi connectivity index (χ1n) is 4.59. The third kappa shape index (κ3) is 2.87. The van der Waals surface area contributed by atoms with Gasteiger partial charge in [-0.1, -0.05) is 17.7 Å². The molecule has 4 N–H and O–H groups in total. The minimum atomic E-state index is -0.466. The predicted octanol–water partition coefficient (Wildman–Crippen LogP) is 0.398. The van der Waals surface area contributed by atoms with E-state index >= 15 is 0 Å². The van der Waals surface area contributed by atoms with Gasteiger partial charge in [-0.05, 0) is 12.1 Å². The van der Waals surface area contributed by atoms with Crippen molar-refractivity contribution < 1.29 is 9.59 Å². The number of hydrogen-bond donors (Lipinski definition) is 3. The molecule has 1 rings (SSSR count). The number of amides is 2. The van der Waals surface area contributed by atoms with Crippen LogP contribution in [0.5, 0.6) is 0 Å². The van der Waals surface area contributed by atoms with E-state index in [1.54, 1.807) is 18.2 Å². The molecule has 0 aliphatic heterocycles. The summed E-state index contributed by atoms with van der Waals surface area (Å²) < 4.78 is 0. The molecule has 0 aliphatic rings. The van der Waals surface area contributed by atoms with Gasteiger partial charge in [-0.2, -0.15) is 0 Å². The van der Waals surface area contributed by atoms with Crippen molar-refractivity contribution in [3.63, 3.8) is 0 Å². The van der Waals surface area contributed by atoms with E-state index in [0.29, 0.717) is 0 Å². The Hall–Kier alpha value is -1.75. The van der Waals surface area contributed by atoms with Crippen LogP contribution in [-0.2, 0) is 4.79 Å². The van der Waals surface area contributed by atoms with Gasteiger partial charge in [-0.3, -0.25) is 9.59 Å². The Balaban J connectivity index is 2.77. The van der Waals surface area contributed by atoms with Crippen molar-refractivity contribution in [2.45, 2.75) is 0 Å². The molecule has 5 nitrogen and oxygen atoms in total. The van der Waals surface area contributed by atoms with Crippen LogP contribution in [0.3, 0.4) is 0 Å². The van der Waals surface area contributed by atoms with Crippen LogP contribution in [0.15, 0.2) is 18.2 Å². The number of carbonyl (C=O) groups is 2. The number of halogens is 1. The van der Waals surface area contributed by atoms with Crippen LogP contribution in [0.25, 0.3) is 0 Å². The van der Waals surface area contributed by atoms with Crippen LogP contribution >= 0.6 is 11.6 Å². The van der Waals surface area contributed by atoms with Gasteiger partial charge >= 0.3 is 0 Å². The standard InChI is InChI=1S/C10H12ClN3O2/c1-13-8(15)5-14-10(16)9-6(11)3-2-4-7(9)12/h2-4H,5,12H2,1H3,(H,13,15)(H,14,16). The molecular weight excluding hydrogens is 230 g/mol. The molecule has 0 fully saturated rings. The molecule has 0 spiro atoms. The van der Waals surface area contributed by atoms with E-state index < -0.39 is 5.91 Å². The first-order chi connectivity index (χ1) is 7.56. The fourth-order valence-electron chi connectivity index (χ4n) is 1.12. The molecule has 1 aromatic carbocycles. The molecular formula is C10H12ClN3O2. The second-order valence-electron chi connectivity index (χ2n) is 3.06. The summed E-state index contributed by atoms with van der Waals surface area (Å²) in [5, 5.41) is 5.06. The largest absolute Gasteiger partial charge is 0.398 e. The van der Waals surface area contributed by atoms with Gasteiger partial charge in [0, 0.05) is 12.7 Å². The number of likely N-dealkylation sites (N-methyl/N-ethyl adjacent to an activating group) is 1. The Morgan fingerprint density at radius 3 is 2.69 bits per heavy atom. The van der Waals surface area contributed by atoms with Gasteiger partial charge in [0.05, 0.1) is 17.1 Å². The lowest BCUT2D eigenvalue weighted by Crippen LogP contribution is -2.35. The van der Waals surface area contributed by atoms with Gasteiger partial charge in [0.25, 0.3) is 5.91 Å². The van der Waals surface area contributed by atoms with Gasteiger partial charge in [-0.15, -0.1) is 0 Å². The first-order valence-corrected chi connectivity index (χ1v) is 4.96. The number of carbonyl (C=O) groups excluding carboxylic acids is 2. The number of nitrogen functional groups attached to an aromatic ring is 1. The molecule has 0 heterocycles. The highest BCUT2D eigenvalue weighted by atomic mass is 35.5. The van der Waals surface area contributed by atoms with E-state index in [-0.39, 0.29) is 28.7 Å². The number of anilines is 1. The lowest BCUT2D eigenvalue weighted by molar-refractivity contribution is -0.119. The van der Waals surface area contributed by atoms with E-state index in [1.807, 2.05) is 0 Å². The summed E-state index contributed by atoms with van der Waals surface area (Å²) in [6.07, 6.45) is 0. The smallest absolute Gasteiger partial charge is 0.255 e. The van der Waals surface area contributed by atoms with Crippen LogP contribution < -0.4 is 16.4 Å². The fraction of sp³-hybridized carbons (Fsp3) is 0.200. The van der Waals surface area contributed by atoms with Gasteiger partial charge in [0.15, 0.2) is 0 Å². The normalized spacial score (nSPS) is 9.62. The van der Waals surface area contributed by atoms with Gasteiger partial charge < -0.3 is 16.4 Å². The lowest BCUT2D eigenvalue weighted by Gasteiger charge is -2.08. The predicted molar refractivity (Wildman–Crippen MR) is 62.3 cm³/mol. The Morgan fingerprint density at radius 1 is 1.44 bits per heavy atom. The number of nitrogens with two attached hydrogens (primary N) is 1. The minimum Gasteiger partial charge on any atom is -0.398 e. The highest BCUT2D eigenvalue weighted by molar-refractivity contribution is 6.34. The summed E-state index contributed by atoms with van der Waals surface area (Å²) >= 11 is 5.83. The number of benzene rings is 1. The van der Waals surface area contributed by atoms with Crippen molar-refractivity contribution in [3.8, 4) is 0 Å². The Morgan fingerprint density at radius 2 is 2.12 bits per heavy atom. The van der Waals surface area contributed by atoms with E-state index in [9.17, 15) is 9.59 Å². The van der Waals surface area contributed by atoms with Crippen molar-refractivity contribution in [1.82, 2.24) is 10.6 Å². The van der Waals surface area contributed by atoms with E-state index in [2.05, 4.69) is 10.6 Å². The molecule has 86 valence electrons. The Kier molecular flexibility index (Phi) is 4.13. The maximum atomic E-state index is 11.7. The van der Waals surface area contributed by atoms with Crippen molar-refractivity contribution in [1.29, 1.82) is 0 Å². The summed E-state index contributed by atoms with van der Waals surface area (Å²) in [4.78, 5) is 22.6. The molecule has 16 heavy (non-hydrogen) atoms. The third-order valence-electron chi connectivity index (χ3n) is 1.96. The van der Waals surface area contributed by atoms with Crippen LogP contribution in [0.1, 0.15) is 10.4 Å². The average molecular weight is 242 g/mol. The Labute approximate surface area is 98.0 Å².